The molecule has 7 heteroatoms. The first-order valence-electron chi connectivity index (χ1n) is 9.76. The van der Waals surface area contributed by atoms with Crippen LogP contribution in [0.15, 0.2) is 23.8 Å². The van der Waals surface area contributed by atoms with Crippen molar-refractivity contribution in [2.45, 2.75) is 63.6 Å². The average molecular weight is 396 g/mol. The summed E-state index contributed by atoms with van der Waals surface area (Å²) in [6.45, 7) is 4.67. The van der Waals surface area contributed by atoms with Crippen molar-refractivity contribution < 1.29 is 33.7 Å². The number of carboxylic acids is 1. The number of carboxylic acid groups (broad SMARTS) is 1. The maximum Gasteiger partial charge on any atom is 0.336 e. The number of carbonyl (C=O) groups is 2. The van der Waals surface area contributed by atoms with Gasteiger partial charge in [-0.15, -0.1) is 0 Å². The molecule has 0 radical (unpaired) electrons. The number of alkyl halides is 2. The van der Waals surface area contributed by atoms with Crippen LogP contribution >= 0.6 is 0 Å². The van der Waals surface area contributed by atoms with Gasteiger partial charge in [0.25, 0.3) is 0 Å². The molecular formula is C21H26F2O5. The van der Waals surface area contributed by atoms with Crippen LogP contribution in [0.4, 0.5) is 8.78 Å². The van der Waals surface area contributed by atoms with Gasteiger partial charge >= 0.3 is 5.97 Å². The van der Waals surface area contributed by atoms with Gasteiger partial charge in [0.2, 0.25) is 0 Å². The Balaban J connectivity index is 1.88. The van der Waals surface area contributed by atoms with Crippen LogP contribution in [0.25, 0.3) is 0 Å². The van der Waals surface area contributed by atoms with Crippen molar-refractivity contribution in [3.63, 3.8) is 0 Å². The zero-order chi connectivity index (χ0) is 20.9. The molecule has 3 unspecified atom stereocenters. The van der Waals surface area contributed by atoms with Gasteiger partial charge in [-0.05, 0) is 55.7 Å². The molecule has 0 aromatic rings. The van der Waals surface area contributed by atoms with E-state index < -0.39 is 63.9 Å². The molecule has 28 heavy (non-hydrogen) atoms. The quantitative estimate of drug-likeness (QED) is 0.633. The van der Waals surface area contributed by atoms with Gasteiger partial charge < -0.3 is 15.3 Å². The summed E-state index contributed by atoms with van der Waals surface area (Å²) in [6.07, 6.45) is 0.214. The Hall–Kier alpha value is -1.60. The lowest BCUT2D eigenvalue weighted by atomic mass is 9.44. The molecule has 3 N–H and O–H groups in total. The molecule has 0 spiro atoms. The number of aliphatic hydroxyl groups excluding tert-OH is 1. The highest BCUT2D eigenvalue weighted by Gasteiger charge is 2.76. The van der Waals surface area contributed by atoms with Crippen molar-refractivity contribution >= 4 is 11.8 Å². The Morgan fingerprint density at radius 3 is 2.50 bits per heavy atom. The largest absolute Gasteiger partial charge is 0.479 e. The zero-order valence-corrected chi connectivity index (χ0v) is 16.2. The Morgan fingerprint density at radius 1 is 1.25 bits per heavy atom. The van der Waals surface area contributed by atoms with Crippen molar-refractivity contribution in [1.29, 1.82) is 0 Å². The molecular weight excluding hydrogens is 370 g/mol. The normalized spacial score (nSPS) is 55.2. The first kappa shape index (κ1) is 19.7. The minimum atomic E-state index is -2.26. The topological polar surface area (TPSA) is 94.8 Å². The summed E-state index contributed by atoms with van der Waals surface area (Å²) >= 11 is 0. The van der Waals surface area contributed by atoms with Crippen molar-refractivity contribution in [3.05, 3.63) is 23.8 Å². The molecule has 0 aromatic carbocycles. The molecule has 5 nitrogen and oxygen atoms in total. The average Bonchev–Trinajstić information content (AvgIpc) is 2.81. The van der Waals surface area contributed by atoms with Crippen LogP contribution in [0.3, 0.4) is 0 Å². The molecule has 9 atom stereocenters. The molecule has 0 aromatic heterocycles. The van der Waals surface area contributed by atoms with Crippen LogP contribution in [0, 0.1) is 28.6 Å². The number of hydrogen-bond acceptors (Lipinski definition) is 4. The summed E-state index contributed by atoms with van der Waals surface area (Å²) in [5, 5.41) is 31.8. The lowest BCUT2D eigenvalue weighted by Gasteiger charge is -2.62. The number of halogens is 2. The summed E-state index contributed by atoms with van der Waals surface area (Å²) in [4.78, 5) is 23.7. The number of rotatable bonds is 1. The second-order valence-electron chi connectivity index (χ2n) is 9.57. The SMILES string of the molecule is C[C@@H]1CC2C3C[C@H](F)C4=CC(=O)C=C[C@]4(C)[C@@]3(F)C(O)C[C@]2(C)[C@@]1(O)C(=O)O. The Bertz CT molecular complexity index is 824. The van der Waals surface area contributed by atoms with E-state index >= 15 is 8.78 Å². The molecule has 0 aliphatic heterocycles. The molecule has 0 bridgehead atoms. The van der Waals surface area contributed by atoms with E-state index in [0.717, 1.165) is 6.08 Å². The van der Waals surface area contributed by atoms with Crippen molar-refractivity contribution in [1.82, 2.24) is 0 Å². The van der Waals surface area contributed by atoms with E-state index in [-0.39, 0.29) is 24.8 Å². The summed E-state index contributed by atoms with van der Waals surface area (Å²) in [7, 11) is 0. The highest BCUT2D eigenvalue weighted by atomic mass is 19.1. The van der Waals surface area contributed by atoms with Crippen LogP contribution in [-0.2, 0) is 9.59 Å². The number of fused-ring (bicyclic) bond motifs is 5. The monoisotopic (exact) mass is 396 g/mol. The lowest BCUT2D eigenvalue weighted by molar-refractivity contribution is -0.229. The molecule has 0 saturated heterocycles. The fourth-order valence-electron chi connectivity index (χ4n) is 7.00. The van der Waals surface area contributed by atoms with Crippen molar-refractivity contribution in [2.24, 2.45) is 28.6 Å². The number of aliphatic carboxylic acids is 1. The first-order valence-corrected chi connectivity index (χ1v) is 9.76. The number of hydrogen-bond donors (Lipinski definition) is 3. The molecule has 3 fully saturated rings. The number of carbonyl (C=O) groups excluding carboxylic acids is 1. The van der Waals surface area contributed by atoms with Crippen LogP contribution < -0.4 is 0 Å². The van der Waals surface area contributed by atoms with Gasteiger partial charge in [0.15, 0.2) is 17.1 Å². The third kappa shape index (κ3) is 1.92. The van der Waals surface area contributed by atoms with Crippen molar-refractivity contribution in [2.75, 3.05) is 0 Å². The van der Waals surface area contributed by atoms with Crippen LogP contribution in [-0.4, -0.2) is 50.6 Å². The molecule has 0 amide bonds. The van der Waals surface area contributed by atoms with Gasteiger partial charge in [0, 0.05) is 16.7 Å². The third-order valence-corrected chi connectivity index (χ3v) is 8.54. The van der Waals surface area contributed by atoms with E-state index in [0.29, 0.717) is 0 Å². The molecule has 4 aliphatic rings. The third-order valence-electron chi connectivity index (χ3n) is 8.54. The van der Waals surface area contributed by atoms with Gasteiger partial charge in [-0.3, -0.25) is 4.79 Å². The van der Waals surface area contributed by atoms with Gasteiger partial charge in [0.05, 0.1) is 6.10 Å². The maximum atomic E-state index is 16.8. The minimum Gasteiger partial charge on any atom is -0.479 e. The molecule has 154 valence electrons. The lowest BCUT2D eigenvalue weighted by Crippen LogP contribution is -2.70. The van der Waals surface area contributed by atoms with Crippen LogP contribution in [0.5, 0.6) is 0 Å². The standard InChI is InChI=1S/C21H26F2O5/c1-10-6-12-13-8-15(22)14-7-11(24)4-5-18(14,2)20(13,23)16(25)9-19(12,3)21(10,28)17(26)27/h4-5,7,10,12-13,15-16,25,28H,6,8-9H2,1-3H3,(H,26,27)/t10-,12?,13?,15+,16?,18+,19+,20+,21+/m1/s1. The van der Waals surface area contributed by atoms with E-state index in [4.69, 9.17) is 0 Å². The molecule has 4 aliphatic carbocycles. The Morgan fingerprint density at radius 2 is 1.89 bits per heavy atom. The maximum absolute atomic E-state index is 16.8. The highest BCUT2D eigenvalue weighted by molar-refractivity contribution is 6.01. The fraction of sp³-hybridized carbons (Fsp3) is 0.714. The van der Waals surface area contributed by atoms with Gasteiger partial charge in [-0.25, -0.2) is 13.6 Å². The van der Waals surface area contributed by atoms with Crippen LogP contribution in [0.2, 0.25) is 0 Å². The molecule has 4 rings (SSSR count). The highest BCUT2D eigenvalue weighted by Crippen LogP contribution is 2.70. The van der Waals surface area contributed by atoms with E-state index in [1.165, 1.54) is 19.1 Å². The summed E-state index contributed by atoms with van der Waals surface area (Å²) < 4.78 is 31.9. The van der Waals surface area contributed by atoms with Gasteiger partial charge in [-0.2, -0.15) is 0 Å². The van der Waals surface area contributed by atoms with Crippen molar-refractivity contribution in [3.8, 4) is 0 Å². The number of ketones is 1. The van der Waals surface area contributed by atoms with E-state index in [2.05, 4.69) is 0 Å². The molecule has 0 heterocycles. The predicted molar refractivity (Wildman–Crippen MR) is 95.8 cm³/mol. The zero-order valence-electron chi connectivity index (χ0n) is 16.2. The van der Waals surface area contributed by atoms with Gasteiger partial charge in [0.1, 0.15) is 6.17 Å². The molecule has 3 saturated carbocycles. The minimum absolute atomic E-state index is 0.0287. The Labute approximate surface area is 162 Å². The smallest absolute Gasteiger partial charge is 0.336 e. The summed E-state index contributed by atoms with van der Waals surface area (Å²) in [5.74, 6) is -4.07. The van der Waals surface area contributed by atoms with E-state index in [9.17, 15) is 24.9 Å². The number of allylic oxidation sites excluding steroid dienone is 4. The Kier molecular flexibility index (Phi) is 3.88. The predicted octanol–water partition coefficient (Wildman–Crippen LogP) is 2.37. The number of aliphatic hydroxyl groups is 2. The first-order chi connectivity index (χ1) is 12.8. The summed E-state index contributed by atoms with van der Waals surface area (Å²) in [6, 6.07) is 0. The van der Waals surface area contributed by atoms with E-state index in [1.54, 1.807) is 13.8 Å². The second kappa shape index (κ2) is 5.51. The fourth-order valence-corrected chi connectivity index (χ4v) is 7.00. The van der Waals surface area contributed by atoms with E-state index in [1.807, 2.05) is 0 Å². The summed E-state index contributed by atoms with van der Waals surface area (Å²) in [5.41, 5.74) is -7.14. The van der Waals surface area contributed by atoms with Gasteiger partial charge in [-0.1, -0.05) is 19.9 Å². The second-order valence-corrected chi connectivity index (χ2v) is 9.57. The van der Waals surface area contributed by atoms with Crippen LogP contribution in [0.1, 0.15) is 40.0 Å².